The van der Waals surface area contributed by atoms with Gasteiger partial charge in [0.1, 0.15) is 0 Å². The highest BCUT2D eigenvalue weighted by Gasteiger charge is 2.21. The number of anilines is 2. The highest BCUT2D eigenvalue weighted by molar-refractivity contribution is 7.80. The molecule has 0 unspecified atom stereocenters. The number of hydrogen-bond donors (Lipinski definition) is 2. The van der Waals surface area contributed by atoms with Crippen LogP contribution in [-0.4, -0.2) is 48.0 Å². The van der Waals surface area contributed by atoms with Crippen LogP contribution in [0.15, 0.2) is 48.5 Å². The lowest BCUT2D eigenvalue weighted by atomic mass is 10.1. The van der Waals surface area contributed by atoms with E-state index in [-0.39, 0.29) is 16.9 Å². The molecule has 0 atom stereocenters. The molecule has 2 N–H and O–H groups in total. The van der Waals surface area contributed by atoms with Gasteiger partial charge in [0.25, 0.3) is 5.91 Å². The topological polar surface area (TPSA) is 64.7 Å². The second kappa shape index (κ2) is 11.1. The van der Waals surface area contributed by atoms with Gasteiger partial charge >= 0.3 is 0 Å². The van der Waals surface area contributed by atoms with Crippen molar-refractivity contribution in [2.75, 3.05) is 36.4 Å². The Kier molecular flexibility index (Phi) is 8.22. The maximum atomic E-state index is 12.4. The molecule has 1 saturated heterocycles. The first-order valence-electron chi connectivity index (χ1n) is 11.2. The van der Waals surface area contributed by atoms with Gasteiger partial charge in [-0.2, -0.15) is 0 Å². The Morgan fingerprint density at radius 1 is 0.969 bits per heavy atom. The first kappa shape index (κ1) is 23.7. The van der Waals surface area contributed by atoms with Crippen LogP contribution < -0.4 is 15.5 Å². The molecule has 2 aromatic rings. The Hall–Kier alpha value is -2.93. The van der Waals surface area contributed by atoms with Crippen molar-refractivity contribution in [2.24, 2.45) is 5.92 Å². The molecule has 0 aromatic heterocycles. The van der Waals surface area contributed by atoms with Crippen molar-refractivity contribution < 1.29 is 9.59 Å². The zero-order valence-corrected chi connectivity index (χ0v) is 19.9. The average molecular weight is 453 g/mol. The van der Waals surface area contributed by atoms with Crippen LogP contribution >= 0.6 is 12.2 Å². The number of benzene rings is 2. The van der Waals surface area contributed by atoms with Crippen LogP contribution in [0.3, 0.4) is 0 Å². The number of aryl methyl sites for hydroxylation is 1. The minimum Gasteiger partial charge on any atom is -0.368 e. The smallest absolute Gasteiger partial charge is 0.257 e. The molecule has 32 heavy (non-hydrogen) atoms. The maximum absolute atomic E-state index is 12.4. The molecule has 1 aliphatic heterocycles. The molecule has 0 aliphatic carbocycles. The molecule has 2 aromatic carbocycles. The van der Waals surface area contributed by atoms with E-state index in [4.69, 9.17) is 12.2 Å². The fourth-order valence-corrected chi connectivity index (χ4v) is 3.89. The summed E-state index contributed by atoms with van der Waals surface area (Å²) < 4.78 is 0. The summed E-state index contributed by atoms with van der Waals surface area (Å²) in [5.74, 6) is 0.403. The van der Waals surface area contributed by atoms with Gasteiger partial charge in [-0.3, -0.25) is 14.9 Å². The molecule has 0 saturated carbocycles. The predicted octanol–water partition coefficient (Wildman–Crippen LogP) is 4.07. The molecule has 2 amide bonds. The van der Waals surface area contributed by atoms with Crippen LogP contribution in [0, 0.1) is 5.92 Å². The van der Waals surface area contributed by atoms with E-state index in [1.807, 2.05) is 53.4 Å². The van der Waals surface area contributed by atoms with Crippen LogP contribution in [-0.2, 0) is 11.2 Å². The van der Waals surface area contributed by atoms with Gasteiger partial charge in [-0.15, -0.1) is 0 Å². The molecule has 0 radical (unpaired) electrons. The van der Waals surface area contributed by atoms with Gasteiger partial charge in [-0.1, -0.05) is 32.9 Å². The van der Waals surface area contributed by atoms with Crippen molar-refractivity contribution in [3.8, 4) is 0 Å². The molecule has 1 heterocycles. The number of nitrogens with zero attached hydrogens (tertiary/aromatic N) is 2. The van der Waals surface area contributed by atoms with Crippen molar-refractivity contribution in [1.29, 1.82) is 0 Å². The van der Waals surface area contributed by atoms with E-state index in [0.717, 1.165) is 44.0 Å². The number of amides is 2. The lowest BCUT2D eigenvalue weighted by molar-refractivity contribution is -0.132. The first-order chi connectivity index (χ1) is 15.4. The van der Waals surface area contributed by atoms with Crippen LogP contribution in [0.4, 0.5) is 11.4 Å². The third-order valence-electron chi connectivity index (χ3n) is 5.56. The number of piperazine rings is 1. The van der Waals surface area contributed by atoms with E-state index in [1.165, 1.54) is 5.56 Å². The molecule has 170 valence electrons. The molecule has 3 rings (SSSR count). The average Bonchev–Trinajstić information content (AvgIpc) is 2.79. The quantitative estimate of drug-likeness (QED) is 0.647. The van der Waals surface area contributed by atoms with Gasteiger partial charge in [-0.05, 0) is 66.5 Å². The summed E-state index contributed by atoms with van der Waals surface area (Å²) in [6, 6.07) is 15.5. The Morgan fingerprint density at radius 2 is 1.59 bits per heavy atom. The fraction of sp³-hybridized carbons (Fsp3) is 0.400. The largest absolute Gasteiger partial charge is 0.368 e. The van der Waals surface area contributed by atoms with E-state index < -0.39 is 0 Å². The summed E-state index contributed by atoms with van der Waals surface area (Å²) in [5, 5.41) is 6.05. The van der Waals surface area contributed by atoms with Gasteiger partial charge in [0.2, 0.25) is 5.91 Å². The van der Waals surface area contributed by atoms with E-state index in [9.17, 15) is 9.59 Å². The van der Waals surface area contributed by atoms with Crippen LogP contribution in [0.2, 0.25) is 0 Å². The predicted molar refractivity (Wildman–Crippen MR) is 134 cm³/mol. The van der Waals surface area contributed by atoms with E-state index >= 15 is 0 Å². The van der Waals surface area contributed by atoms with Crippen molar-refractivity contribution in [1.82, 2.24) is 10.2 Å². The number of nitrogens with one attached hydrogen (secondary N) is 2. The van der Waals surface area contributed by atoms with E-state index in [1.54, 1.807) is 0 Å². The fourth-order valence-electron chi connectivity index (χ4n) is 3.68. The molecule has 6 nitrogen and oxygen atoms in total. The number of thiocarbonyl (C=S) groups is 1. The number of rotatable bonds is 6. The van der Waals surface area contributed by atoms with E-state index in [2.05, 4.69) is 36.3 Å². The Balaban J connectivity index is 1.48. The number of carbonyl (C=O) groups is 2. The standard InChI is InChI=1S/C25H32N4O2S/c1-4-19-5-7-20(8-6-19)24(31)27-25(32)26-21-9-11-22(12-10-21)28-13-15-29(16-14-28)23(30)17-18(2)3/h5-12,18H,4,13-17H2,1-3H3,(H2,26,27,31,32). The minimum absolute atomic E-state index is 0.230. The molecule has 1 fully saturated rings. The third kappa shape index (κ3) is 6.53. The van der Waals surface area contributed by atoms with Crippen molar-refractivity contribution in [3.05, 3.63) is 59.7 Å². The minimum atomic E-state index is -0.230. The number of hydrogen-bond acceptors (Lipinski definition) is 4. The summed E-state index contributed by atoms with van der Waals surface area (Å²) in [6.45, 7) is 9.37. The van der Waals surface area contributed by atoms with Crippen LogP contribution in [0.5, 0.6) is 0 Å². The van der Waals surface area contributed by atoms with Crippen LogP contribution in [0.25, 0.3) is 0 Å². The molecular weight excluding hydrogens is 420 g/mol. The molecule has 0 bridgehead atoms. The second-order valence-corrected chi connectivity index (χ2v) is 8.88. The SMILES string of the molecule is CCc1ccc(C(=O)NC(=S)Nc2ccc(N3CCN(C(=O)CC(C)C)CC3)cc2)cc1. The van der Waals surface area contributed by atoms with Gasteiger partial charge in [-0.25, -0.2) is 0 Å². The first-order valence-corrected chi connectivity index (χ1v) is 11.6. The van der Waals surface area contributed by atoms with Crippen molar-refractivity contribution >= 4 is 40.5 Å². The van der Waals surface area contributed by atoms with Crippen molar-refractivity contribution in [3.63, 3.8) is 0 Å². The summed E-state index contributed by atoms with van der Waals surface area (Å²) in [7, 11) is 0. The Bertz CT molecular complexity index is 933. The zero-order valence-electron chi connectivity index (χ0n) is 19.1. The maximum Gasteiger partial charge on any atom is 0.257 e. The van der Waals surface area contributed by atoms with E-state index in [0.29, 0.717) is 17.9 Å². The number of carbonyl (C=O) groups excluding carboxylic acids is 2. The zero-order chi connectivity index (χ0) is 23.1. The second-order valence-electron chi connectivity index (χ2n) is 8.47. The summed E-state index contributed by atoms with van der Waals surface area (Å²) in [6.07, 6.45) is 1.55. The molecule has 0 spiro atoms. The highest BCUT2D eigenvalue weighted by Crippen LogP contribution is 2.20. The van der Waals surface area contributed by atoms with Gasteiger partial charge in [0.15, 0.2) is 5.11 Å². The van der Waals surface area contributed by atoms with Gasteiger partial charge < -0.3 is 15.1 Å². The molecule has 1 aliphatic rings. The highest BCUT2D eigenvalue weighted by atomic mass is 32.1. The van der Waals surface area contributed by atoms with Crippen molar-refractivity contribution in [2.45, 2.75) is 33.6 Å². The Labute approximate surface area is 196 Å². The lowest BCUT2D eigenvalue weighted by Gasteiger charge is -2.36. The molecule has 7 heteroatoms. The van der Waals surface area contributed by atoms with Gasteiger partial charge in [0, 0.05) is 49.5 Å². The molecular formula is C25H32N4O2S. The third-order valence-corrected chi connectivity index (χ3v) is 5.76. The Morgan fingerprint density at radius 3 is 2.16 bits per heavy atom. The normalized spacial score (nSPS) is 13.8. The summed E-state index contributed by atoms with van der Waals surface area (Å²) in [5.41, 5.74) is 3.68. The summed E-state index contributed by atoms with van der Waals surface area (Å²) in [4.78, 5) is 28.9. The summed E-state index contributed by atoms with van der Waals surface area (Å²) >= 11 is 5.29. The monoisotopic (exact) mass is 452 g/mol. The van der Waals surface area contributed by atoms with Gasteiger partial charge in [0.05, 0.1) is 0 Å². The van der Waals surface area contributed by atoms with Crippen LogP contribution in [0.1, 0.15) is 43.1 Å². The lowest BCUT2D eigenvalue weighted by Crippen LogP contribution is -2.49.